The largest absolute Gasteiger partial charge is 0.457 e. The Kier molecular flexibility index (Phi) is 9.58. The number of hydrogen-bond donors (Lipinski definition) is 0. The van der Waals surface area contributed by atoms with Crippen molar-refractivity contribution in [2.24, 2.45) is 0 Å². The maximum Gasteiger partial charge on any atom is 0.137 e. The van der Waals surface area contributed by atoms with Gasteiger partial charge >= 0.3 is 0 Å². The highest BCUT2D eigenvalue weighted by molar-refractivity contribution is 6.09. The highest BCUT2D eigenvalue weighted by atomic mass is 16.5. The Hall–Kier alpha value is -7.11. The summed E-state index contributed by atoms with van der Waals surface area (Å²) in [5, 5.41) is 2.07. The van der Waals surface area contributed by atoms with Crippen LogP contribution < -0.4 is 14.5 Å². The maximum atomic E-state index is 8.13. The molecule has 0 amide bonds. The van der Waals surface area contributed by atoms with E-state index >= 15 is 0 Å². The molecule has 2 aromatic heterocycles. The van der Waals surface area contributed by atoms with Crippen molar-refractivity contribution in [2.45, 2.75) is 85.4 Å². The van der Waals surface area contributed by atoms with Gasteiger partial charge in [0.05, 0.1) is 22.4 Å². The van der Waals surface area contributed by atoms with E-state index in [-0.39, 0.29) is 21.8 Å². The molecule has 9 aromatic rings. The van der Waals surface area contributed by atoms with Gasteiger partial charge in [0, 0.05) is 55.4 Å². The number of fused-ring (bicyclic) bond motifs is 4. The zero-order valence-electron chi connectivity index (χ0n) is 42.6. The number of ether oxygens (including phenoxy) is 1. The van der Waals surface area contributed by atoms with Crippen LogP contribution in [-0.2, 0) is 16.2 Å². The molecule has 1 aliphatic rings. The Morgan fingerprint density at radius 3 is 1.67 bits per heavy atom. The van der Waals surface area contributed by atoms with Crippen LogP contribution >= 0.6 is 0 Å². The average Bonchev–Trinajstić information content (AvgIpc) is 3.86. The molecule has 0 aliphatic carbocycles. The van der Waals surface area contributed by atoms with Gasteiger partial charge in [-0.2, -0.15) is 0 Å². The summed E-state index contributed by atoms with van der Waals surface area (Å²) >= 11 is 0. The molecule has 330 valence electrons. The Bertz CT molecular complexity index is 3330. The van der Waals surface area contributed by atoms with Gasteiger partial charge in [0.1, 0.15) is 24.0 Å². The number of hydrogen-bond acceptors (Lipinski definition) is 4. The molecule has 1 aliphatic heterocycles. The predicted octanol–water partition coefficient (Wildman–Crippen LogP) is 16.1. The Labute approximate surface area is 395 Å². The van der Waals surface area contributed by atoms with Crippen LogP contribution in [0.25, 0.3) is 27.6 Å². The number of anilines is 4. The smallest absolute Gasteiger partial charge is 0.137 e. The topological polar surface area (TPSA) is 33.5 Å². The second kappa shape index (κ2) is 16.1. The molecule has 66 heavy (non-hydrogen) atoms. The third-order valence-electron chi connectivity index (χ3n) is 14.0. The predicted molar refractivity (Wildman–Crippen MR) is 277 cm³/mol. The van der Waals surface area contributed by atoms with Gasteiger partial charge in [0.15, 0.2) is 0 Å². The van der Waals surface area contributed by atoms with E-state index < -0.39 is 6.85 Å². The molecule has 5 nitrogen and oxygen atoms in total. The van der Waals surface area contributed by atoms with Crippen molar-refractivity contribution in [3.8, 4) is 17.3 Å². The summed E-state index contributed by atoms with van der Waals surface area (Å²) in [5.41, 5.74) is 14.5. The lowest BCUT2D eigenvalue weighted by Gasteiger charge is -2.33. The van der Waals surface area contributed by atoms with Crippen LogP contribution in [-0.4, -0.2) is 16.2 Å². The van der Waals surface area contributed by atoms with Crippen LogP contribution in [0.15, 0.2) is 170 Å². The summed E-state index contributed by atoms with van der Waals surface area (Å²) in [5.74, 6) is 1.93. The minimum atomic E-state index is -2.27. The van der Waals surface area contributed by atoms with Crippen molar-refractivity contribution in [3.63, 3.8) is 0 Å². The zero-order valence-corrected chi connectivity index (χ0v) is 39.6. The number of nitrogens with zero attached hydrogens (tertiary/aromatic N) is 4. The number of pyridine rings is 1. The van der Waals surface area contributed by atoms with E-state index in [2.05, 4.69) is 198 Å². The van der Waals surface area contributed by atoms with Crippen molar-refractivity contribution in [2.75, 3.05) is 16.5 Å². The minimum Gasteiger partial charge on any atom is -0.457 e. The first-order chi connectivity index (χ1) is 32.8. The number of rotatable bonds is 9. The first-order valence-corrected chi connectivity index (χ1v) is 23.0. The molecule has 0 spiro atoms. The molecule has 10 rings (SSSR count). The van der Waals surface area contributed by atoms with E-state index in [4.69, 9.17) is 8.85 Å². The molecule has 7 aromatic carbocycles. The summed E-state index contributed by atoms with van der Waals surface area (Å²) in [6.07, 6.45) is 1.57. The fourth-order valence-corrected chi connectivity index (χ4v) is 9.65. The Morgan fingerprint density at radius 1 is 0.500 bits per heavy atom. The fraction of sp³-hybridized carbons (Fsp3) is 0.230. The number of aryl methyl sites for hydroxylation is 3. The number of benzene rings is 7. The van der Waals surface area contributed by atoms with Crippen LogP contribution in [0.4, 0.5) is 22.7 Å². The lowest BCUT2D eigenvalue weighted by atomic mass is 9.73. The molecular formula is C61H60N4O. The molecule has 0 atom stereocenters. The van der Waals surface area contributed by atoms with Crippen LogP contribution in [0.1, 0.15) is 97.1 Å². The molecule has 0 unspecified atom stereocenters. The summed E-state index contributed by atoms with van der Waals surface area (Å²) in [4.78, 5) is 9.61. The van der Waals surface area contributed by atoms with Crippen LogP contribution in [0.5, 0.6) is 11.5 Å². The summed E-state index contributed by atoms with van der Waals surface area (Å²) in [6, 6.07) is 57.8. The molecule has 3 heterocycles. The third kappa shape index (κ3) is 7.60. The normalized spacial score (nSPS) is 14.0. The van der Waals surface area contributed by atoms with Gasteiger partial charge in [0.25, 0.3) is 0 Å². The van der Waals surface area contributed by atoms with Gasteiger partial charge in [-0.1, -0.05) is 133 Å². The summed E-state index contributed by atoms with van der Waals surface area (Å²) in [7, 11) is 0. The summed E-state index contributed by atoms with van der Waals surface area (Å²) < 4.78 is 33.4. The molecular weight excluding hydrogens is 805 g/mol. The van der Waals surface area contributed by atoms with Crippen molar-refractivity contribution < 1.29 is 8.85 Å². The summed E-state index contributed by atoms with van der Waals surface area (Å²) in [6.45, 7) is 18.8. The molecule has 0 fully saturated rings. The highest BCUT2D eigenvalue weighted by Crippen LogP contribution is 2.49. The van der Waals surface area contributed by atoms with Gasteiger partial charge in [-0.3, -0.25) is 4.57 Å². The fourth-order valence-electron chi connectivity index (χ4n) is 9.65. The van der Waals surface area contributed by atoms with Crippen molar-refractivity contribution in [3.05, 3.63) is 214 Å². The Morgan fingerprint density at radius 2 is 1.06 bits per heavy atom. The maximum absolute atomic E-state index is 8.13. The molecule has 0 saturated carbocycles. The van der Waals surface area contributed by atoms with Crippen molar-refractivity contribution in [1.82, 2.24) is 9.55 Å². The van der Waals surface area contributed by atoms with Gasteiger partial charge in [-0.25, -0.2) is 4.98 Å². The van der Waals surface area contributed by atoms with Crippen LogP contribution in [0.3, 0.4) is 0 Å². The molecule has 0 saturated heterocycles. The van der Waals surface area contributed by atoms with E-state index in [1.54, 1.807) is 18.3 Å². The van der Waals surface area contributed by atoms with E-state index in [9.17, 15) is 0 Å². The van der Waals surface area contributed by atoms with E-state index in [0.29, 0.717) is 18.2 Å². The lowest BCUT2D eigenvalue weighted by molar-refractivity contribution is 0.479. The van der Waals surface area contributed by atoms with Crippen LogP contribution in [0, 0.1) is 20.7 Å². The first-order valence-electron chi connectivity index (χ1n) is 24.5. The van der Waals surface area contributed by atoms with Crippen molar-refractivity contribution >= 4 is 44.6 Å². The number of aromatic nitrogens is 2. The third-order valence-corrected chi connectivity index (χ3v) is 14.0. The number of para-hydroxylation sites is 1. The minimum absolute atomic E-state index is 0.190. The van der Waals surface area contributed by atoms with Gasteiger partial charge in [-0.05, 0) is 137 Å². The lowest BCUT2D eigenvalue weighted by Crippen LogP contribution is -2.27. The monoisotopic (exact) mass is 867 g/mol. The second-order valence-electron chi connectivity index (χ2n) is 20.2. The molecule has 0 bridgehead atoms. The SMILES string of the molecule is [2H]C([2H])([2H])c1ccnc(-n2c3ccccc3c3ccc(Oc4cc(N5CN(c6cc(C(C)(C)c7ccccc7)cc(C(C)(C)c7ccccc7)c6)c6cc(C)c(C)cc65)cc(C(C)(C)C)c4)cc32)c1. The van der Waals surface area contributed by atoms with Crippen molar-refractivity contribution in [1.29, 1.82) is 0 Å². The molecule has 5 heteroatoms. The van der Waals surface area contributed by atoms with Gasteiger partial charge in [0.2, 0.25) is 0 Å². The van der Waals surface area contributed by atoms with Crippen LogP contribution in [0.2, 0.25) is 0 Å². The zero-order chi connectivity index (χ0) is 48.6. The Balaban J connectivity index is 1.09. The molecule has 0 N–H and O–H groups in total. The quantitative estimate of drug-likeness (QED) is 0.145. The van der Waals surface area contributed by atoms with Gasteiger partial charge in [-0.15, -0.1) is 0 Å². The second-order valence-corrected chi connectivity index (χ2v) is 20.2. The first kappa shape index (κ1) is 39.3. The highest BCUT2D eigenvalue weighted by Gasteiger charge is 2.34. The van der Waals surface area contributed by atoms with E-state index in [1.165, 1.54) is 33.4 Å². The van der Waals surface area contributed by atoms with Gasteiger partial charge < -0.3 is 14.5 Å². The standard InChI is InChI=1S/C61H60N4O/c1-40-27-28-62-58(29-40)65-54-24-18-17-23-52(54)53-26-25-50(38-55(53)65)66-51-36-45(59(4,5)6)33-49(37-51)64-39-63(56-30-41(2)42(3)31-57(56)64)48-34-46(60(7,8)43-19-13-11-14-20-43)32-47(35-48)61(9,10)44-21-15-12-16-22-44/h11-38H,39H2,1-10H3/i1D3. The average molecular weight is 868 g/mol. The van der Waals surface area contributed by atoms with E-state index in [1.807, 2.05) is 34.9 Å². The molecule has 0 radical (unpaired) electrons. The van der Waals surface area contributed by atoms with E-state index in [0.717, 1.165) is 55.9 Å².